The quantitative estimate of drug-likeness (QED) is 0.682. The molecule has 27 heavy (non-hydrogen) atoms. The second kappa shape index (κ2) is 8.85. The maximum absolute atomic E-state index is 12.4. The van der Waals surface area contributed by atoms with Gasteiger partial charge in [-0.2, -0.15) is 0 Å². The van der Waals surface area contributed by atoms with E-state index in [0.29, 0.717) is 6.54 Å². The number of hydrogen-bond donors (Lipinski definition) is 0. The van der Waals surface area contributed by atoms with E-state index in [1.165, 1.54) is 17.5 Å². The fourth-order valence-electron chi connectivity index (χ4n) is 3.30. The van der Waals surface area contributed by atoms with Crippen molar-refractivity contribution in [3.8, 4) is 0 Å². The molecule has 0 radical (unpaired) electrons. The fraction of sp³-hybridized carbons (Fsp3) is 0.391. The number of nitrogens with zero attached hydrogens (tertiary/aromatic N) is 1. The van der Waals surface area contributed by atoms with E-state index in [9.17, 15) is 9.59 Å². The predicted molar refractivity (Wildman–Crippen MR) is 106 cm³/mol. The van der Waals surface area contributed by atoms with Gasteiger partial charge in [-0.1, -0.05) is 55.3 Å². The summed E-state index contributed by atoms with van der Waals surface area (Å²) in [6.07, 6.45) is 3.60. The minimum Gasteiger partial charge on any atom is -0.461 e. The number of hydrogen-bond acceptors (Lipinski definition) is 3. The van der Waals surface area contributed by atoms with Crippen molar-refractivity contribution in [2.45, 2.75) is 46.1 Å². The topological polar surface area (TPSA) is 46.6 Å². The number of benzene rings is 2. The number of anilines is 1. The lowest BCUT2D eigenvalue weighted by molar-refractivity contribution is -0.149. The van der Waals surface area contributed by atoms with E-state index in [0.717, 1.165) is 24.1 Å². The van der Waals surface area contributed by atoms with Crippen LogP contribution in [0.2, 0.25) is 0 Å². The van der Waals surface area contributed by atoms with Crippen LogP contribution in [0.5, 0.6) is 0 Å². The van der Waals surface area contributed by atoms with Crippen LogP contribution < -0.4 is 4.90 Å². The monoisotopic (exact) mass is 365 g/mol. The number of ether oxygens (including phenoxy) is 1. The van der Waals surface area contributed by atoms with Gasteiger partial charge in [0.15, 0.2) is 0 Å². The van der Waals surface area contributed by atoms with Gasteiger partial charge in [0.1, 0.15) is 6.61 Å². The Balaban J connectivity index is 1.56. The van der Waals surface area contributed by atoms with E-state index < -0.39 is 5.92 Å². The number of unbranched alkanes of at least 4 members (excludes halogenated alkanes) is 1. The molecule has 3 rings (SSSR count). The number of amides is 1. The SMILES string of the molecule is CCCCc1ccc(N2C[C@H](C(=O)OCc3ccc(C)cc3)CC2=O)cc1. The number of aryl methyl sites for hydroxylation is 2. The molecule has 0 bridgehead atoms. The smallest absolute Gasteiger partial charge is 0.311 e. The molecule has 142 valence electrons. The average Bonchev–Trinajstić information content (AvgIpc) is 3.08. The van der Waals surface area contributed by atoms with Gasteiger partial charge in [-0.15, -0.1) is 0 Å². The third-order valence-corrected chi connectivity index (χ3v) is 5.03. The molecule has 2 aromatic carbocycles. The molecular formula is C23H27NO3. The summed E-state index contributed by atoms with van der Waals surface area (Å²) in [5, 5.41) is 0. The third kappa shape index (κ3) is 4.97. The third-order valence-electron chi connectivity index (χ3n) is 5.03. The first kappa shape index (κ1) is 19.2. The highest BCUT2D eigenvalue weighted by molar-refractivity contribution is 5.99. The summed E-state index contributed by atoms with van der Waals surface area (Å²) in [6, 6.07) is 16.0. The minimum atomic E-state index is -0.400. The number of carbonyl (C=O) groups is 2. The first-order chi connectivity index (χ1) is 13.1. The van der Waals surface area contributed by atoms with Crippen molar-refractivity contribution in [3.05, 3.63) is 65.2 Å². The number of esters is 1. The van der Waals surface area contributed by atoms with Crippen LogP contribution in [-0.2, 0) is 27.4 Å². The van der Waals surface area contributed by atoms with Gasteiger partial charge in [-0.05, 0) is 43.0 Å². The van der Waals surface area contributed by atoms with Crippen molar-refractivity contribution in [1.29, 1.82) is 0 Å². The lowest BCUT2D eigenvalue weighted by Gasteiger charge is -2.17. The molecule has 1 fully saturated rings. The van der Waals surface area contributed by atoms with Gasteiger partial charge in [0.25, 0.3) is 0 Å². The first-order valence-corrected chi connectivity index (χ1v) is 9.68. The van der Waals surface area contributed by atoms with Gasteiger partial charge in [-0.25, -0.2) is 0 Å². The van der Waals surface area contributed by atoms with Crippen LogP contribution in [-0.4, -0.2) is 18.4 Å². The highest BCUT2D eigenvalue weighted by Gasteiger charge is 2.36. The molecule has 0 aliphatic carbocycles. The van der Waals surface area contributed by atoms with Crippen molar-refractivity contribution in [2.24, 2.45) is 5.92 Å². The van der Waals surface area contributed by atoms with E-state index in [2.05, 4.69) is 19.1 Å². The summed E-state index contributed by atoms with van der Waals surface area (Å²) in [4.78, 5) is 26.5. The Morgan fingerprint density at radius 1 is 1.07 bits per heavy atom. The van der Waals surface area contributed by atoms with E-state index in [-0.39, 0.29) is 24.9 Å². The van der Waals surface area contributed by atoms with Gasteiger partial charge in [-0.3, -0.25) is 9.59 Å². The van der Waals surface area contributed by atoms with Crippen molar-refractivity contribution in [1.82, 2.24) is 0 Å². The molecule has 1 aliphatic heterocycles. The summed E-state index contributed by atoms with van der Waals surface area (Å²) in [6.45, 7) is 4.83. The summed E-state index contributed by atoms with van der Waals surface area (Å²) in [7, 11) is 0. The lowest BCUT2D eigenvalue weighted by atomic mass is 10.1. The van der Waals surface area contributed by atoms with Crippen molar-refractivity contribution in [2.75, 3.05) is 11.4 Å². The molecule has 1 saturated heterocycles. The van der Waals surface area contributed by atoms with Crippen molar-refractivity contribution in [3.63, 3.8) is 0 Å². The Hall–Kier alpha value is -2.62. The second-order valence-electron chi connectivity index (χ2n) is 7.27. The zero-order valence-corrected chi connectivity index (χ0v) is 16.1. The van der Waals surface area contributed by atoms with E-state index in [4.69, 9.17) is 4.74 Å². The molecule has 4 heteroatoms. The van der Waals surface area contributed by atoms with E-state index in [1.807, 2.05) is 43.3 Å². The second-order valence-corrected chi connectivity index (χ2v) is 7.27. The van der Waals surface area contributed by atoms with Crippen LogP contribution in [0.15, 0.2) is 48.5 Å². The summed E-state index contributed by atoms with van der Waals surface area (Å²) in [5.41, 5.74) is 4.26. The van der Waals surface area contributed by atoms with E-state index >= 15 is 0 Å². The normalized spacial score (nSPS) is 16.6. The molecule has 1 heterocycles. The Bertz CT molecular complexity index is 780. The predicted octanol–water partition coefficient (Wildman–Crippen LogP) is 4.43. The van der Waals surface area contributed by atoms with Crippen LogP contribution in [0.25, 0.3) is 0 Å². The molecule has 2 aromatic rings. The molecule has 0 N–H and O–H groups in total. The Morgan fingerprint density at radius 3 is 2.41 bits per heavy atom. The summed E-state index contributed by atoms with van der Waals surface area (Å²) >= 11 is 0. The summed E-state index contributed by atoms with van der Waals surface area (Å²) < 4.78 is 5.43. The molecule has 1 aliphatic rings. The first-order valence-electron chi connectivity index (χ1n) is 9.68. The molecule has 0 unspecified atom stereocenters. The Kier molecular flexibility index (Phi) is 6.28. The van der Waals surface area contributed by atoms with Crippen molar-refractivity contribution >= 4 is 17.6 Å². The van der Waals surface area contributed by atoms with Gasteiger partial charge >= 0.3 is 5.97 Å². The molecular weight excluding hydrogens is 338 g/mol. The van der Waals surface area contributed by atoms with Crippen LogP contribution >= 0.6 is 0 Å². The highest BCUT2D eigenvalue weighted by Crippen LogP contribution is 2.26. The van der Waals surface area contributed by atoms with Gasteiger partial charge in [0, 0.05) is 18.7 Å². The maximum Gasteiger partial charge on any atom is 0.311 e. The number of carbonyl (C=O) groups excluding carboxylic acids is 2. The fourth-order valence-corrected chi connectivity index (χ4v) is 3.30. The van der Waals surface area contributed by atoms with Crippen molar-refractivity contribution < 1.29 is 14.3 Å². The van der Waals surface area contributed by atoms with Gasteiger partial charge in [0.05, 0.1) is 5.92 Å². The summed E-state index contributed by atoms with van der Waals surface area (Å²) in [5.74, 6) is -0.720. The molecule has 0 saturated carbocycles. The van der Waals surface area contributed by atoms with E-state index in [1.54, 1.807) is 4.90 Å². The maximum atomic E-state index is 12.4. The molecule has 1 amide bonds. The van der Waals surface area contributed by atoms with Crippen LogP contribution in [0.3, 0.4) is 0 Å². The van der Waals surface area contributed by atoms with Gasteiger partial charge < -0.3 is 9.64 Å². The zero-order valence-electron chi connectivity index (χ0n) is 16.1. The molecule has 1 atom stereocenters. The molecule has 0 spiro atoms. The van der Waals surface area contributed by atoms with Crippen LogP contribution in [0.1, 0.15) is 42.9 Å². The Labute approximate surface area is 161 Å². The molecule has 4 nitrogen and oxygen atoms in total. The highest BCUT2D eigenvalue weighted by atomic mass is 16.5. The van der Waals surface area contributed by atoms with Gasteiger partial charge in [0.2, 0.25) is 5.91 Å². The molecule has 0 aromatic heterocycles. The minimum absolute atomic E-state index is 0.0198. The standard InChI is InChI=1S/C23H27NO3/c1-3-4-5-18-10-12-21(13-11-18)24-15-20(14-22(24)25)23(26)27-16-19-8-6-17(2)7-9-19/h6-13,20H,3-5,14-16H2,1-2H3/t20-/m1/s1. The lowest BCUT2D eigenvalue weighted by Crippen LogP contribution is -2.26. The average molecular weight is 365 g/mol. The Morgan fingerprint density at radius 2 is 1.74 bits per heavy atom. The number of rotatable bonds is 7. The van der Waals surface area contributed by atoms with Crippen LogP contribution in [0.4, 0.5) is 5.69 Å². The largest absolute Gasteiger partial charge is 0.461 e. The zero-order chi connectivity index (χ0) is 19.2. The van der Waals surface area contributed by atoms with Crippen LogP contribution in [0, 0.1) is 12.8 Å².